The number of ketones is 1. The van der Waals surface area contributed by atoms with E-state index in [1.165, 1.54) is 12.8 Å². The molecule has 1 saturated carbocycles. The minimum atomic E-state index is 0.0188. The molecule has 18 heavy (non-hydrogen) atoms. The summed E-state index contributed by atoms with van der Waals surface area (Å²) in [5.74, 6) is 0.744. The maximum absolute atomic E-state index is 12.0. The minimum absolute atomic E-state index is 0.0188. The van der Waals surface area contributed by atoms with Crippen LogP contribution in [0.4, 0.5) is 0 Å². The summed E-state index contributed by atoms with van der Waals surface area (Å²) in [7, 11) is 1.60. The van der Waals surface area contributed by atoms with E-state index in [2.05, 4.69) is 15.9 Å². The molecule has 0 unspecified atom stereocenters. The van der Waals surface area contributed by atoms with Crippen molar-refractivity contribution in [2.24, 2.45) is 0 Å². The lowest BCUT2D eigenvalue weighted by molar-refractivity contribution is 0.0482. The summed E-state index contributed by atoms with van der Waals surface area (Å²) in [6, 6.07) is 5.33. The predicted molar refractivity (Wildman–Crippen MR) is 73.2 cm³/mol. The van der Waals surface area contributed by atoms with Gasteiger partial charge in [0.05, 0.1) is 17.7 Å². The number of Topliss-reactive ketones (excluding diaryl/α,β-unsaturated/α-hetero) is 1. The standard InChI is InChI=1S/C14H17BrO3/c1-17-14-7-6-10(8-12(14)15)13(16)9-18-11-4-2-3-5-11/h6-8,11H,2-5,9H2,1H3. The number of halogens is 1. The van der Waals surface area contributed by atoms with Crippen LogP contribution in [0.5, 0.6) is 5.75 Å². The summed E-state index contributed by atoms with van der Waals surface area (Å²) in [6.07, 6.45) is 4.87. The lowest BCUT2D eigenvalue weighted by Gasteiger charge is -2.10. The van der Waals surface area contributed by atoms with Gasteiger partial charge < -0.3 is 9.47 Å². The van der Waals surface area contributed by atoms with Crippen LogP contribution in [0.15, 0.2) is 22.7 Å². The van der Waals surface area contributed by atoms with Crippen molar-refractivity contribution in [2.75, 3.05) is 13.7 Å². The second kappa shape index (κ2) is 6.34. The third-order valence-electron chi connectivity index (χ3n) is 3.23. The van der Waals surface area contributed by atoms with Gasteiger partial charge in [0.1, 0.15) is 12.4 Å². The van der Waals surface area contributed by atoms with Crippen molar-refractivity contribution in [1.82, 2.24) is 0 Å². The second-order valence-electron chi connectivity index (χ2n) is 4.49. The Balaban J connectivity index is 1.93. The molecule has 1 aliphatic rings. The van der Waals surface area contributed by atoms with Crippen molar-refractivity contribution in [1.29, 1.82) is 0 Å². The van der Waals surface area contributed by atoms with Gasteiger partial charge in [-0.15, -0.1) is 0 Å². The van der Waals surface area contributed by atoms with Crippen LogP contribution in [0, 0.1) is 0 Å². The van der Waals surface area contributed by atoms with Gasteiger partial charge in [0, 0.05) is 5.56 Å². The van der Waals surface area contributed by atoms with Crippen LogP contribution in [0.1, 0.15) is 36.0 Å². The highest BCUT2D eigenvalue weighted by atomic mass is 79.9. The van der Waals surface area contributed by atoms with Crippen molar-refractivity contribution in [2.45, 2.75) is 31.8 Å². The summed E-state index contributed by atoms with van der Waals surface area (Å²) in [5.41, 5.74) is 0.653. The molecule has 0 bridgehead atoms. The highest BCUT2D eigenvalue weighted by molar-refractivity contribution is 9.10. The van der Waals surface area contributed by atoms with Gasteiger partial charge in [0.25, 0.3) is 0 Å². The predicted octanol–water partition coefficient (Wildman–Crippen LogP) is 3.60. The van der Waals surface area contributed by atoms with Crippen LogP contribution in [-0.4, -0.2) is 25.6 Å². The van der Waals surface area contributed by atoms with Crippen LogP contribution in [-0.2, 0) is 4.74 Å². The fourth-order valence-corrected chi connectivity index (χ4v) is 2.71. The summed E-state index contributed by atoms with van der Waals surface area (Å²) < 4.78 is 11.5. The second-order valence-corrected chi connectivity index (χ2v) is 5.34. The Labute approximate surface area is 116 Å². The lowest BCUT2D eigenvalue weighted by atomic mass is 10.1. The van der Waals surface area contributed by atoms with Gasteiger partial charge in [0.2, 0.25) is 0 Å². The first-order valence-electron chi connectivity index (χ1n) is 6.19. The van der Waals surface area contributed by atoms with Crippen molar-refractivity contribution >= 4 is 21.7 Å². The molecule has 1 aromatic carbocycles. The Morgan fingerprint density at radius 1 is 1.39 bits per heavy atom. The number of carbonyl (C=O) groups excluding carboxylic acids is 1. The summed E-state index contributed by atoms with van der Waals surface area (Å²) in [4.78, 5) is 12.0. The van der Waals surface area contributed by atoms with Crippen molar-refractivity contribution in [3.63, 3.8) is 0 Å². The number of rotatable bonds is 5. The fourth-order valence-electron chi connectivity index (χ4n) is 2.17. The van der Waals surface area contributed by atoms with E-state index in [4.69, 9.17) is 9.47 Å². The fraction of sp³-hybridized carbons (Fsp3) is 0.500. The van der Waals surface area contributed by atoms with Crippen LogP contribution in [0.25, 0.3) is 0 Å². The molecule has 0 amide bonds. The van der Waals surface area contributed by atoms with E-state index in [0.29, 0.717) is 5.56 Å². The Bertz CT molecular complexity index is 425. The first kappa shape index (κ1) is 13.6. The van der Waals surface area contributed by atoms with E-state index in [-0.39, 0.29) is 18.5 Å². The lowest BCUT2D eigenvalue weighted by Crippen LogP contribution is -2.15. The molecule has 0 radical (unpaired) electrons. The number of methoxy groups -OCH3 is 1. The van der Waals surface area contributed by atoms with Crippen LogP contribution < -0.4 is 4.74 Å². The normalized spacial score (nSPS) is 15.9. The Morgan fingerprint density at radius 3 is 2.72 bits per heavy atom. The Kier molecular flexibility index (Phi) is 4.78. The molecule has 0 N–H and O–H groups in total. The molecule has 2 rings (SSSR count). The van der Waals surface area contributed by atoms with Gasteiger partial charge >= 0.3 is 0 Å². The highest BCUT2D eigenvalue weighted by Crippen LogP contribution is 2.26. The molecule has 0 spiro atoms. The van der Waals surface area contributed by atoms with E-state index in [1.54, 1.807) is 25.3 Å². The molecule has 0 heterocycles. The molecule has 1 aromatic rings. The van der Waals surface area contributed by atoms with E-state index < -0.39 is 0 Å². The number of hydrogen-bond acceptors (Lipinski definition) is 3. The van der Waals surface area contributed by atoms with E-state index >= 15 is 0 Å². The Morgan fingerprint density at radius 2 is 2.11 bits per heavy atom. The van der Waals surface area contributed by atoms with Crippen LogP contribution in [0.2, 0.25) is 0 Å². The molecule has 0 atom stereocenters. The van der Waals surface area contributed by atoms with Crippen LogP contribution in [0.3, 0.4) is 0 Å². The molecule has 98 valence electrons. The number of ether oxygens (including phenoxy) is 2. The van der Waals surface area contributed by atoms with Gasteiger partial charge in [-0.3, -0.25) is 4.79 Å². The van der Waals surface area contributed by atoms with E-state index in [1.807, 2.05) is 0 Å². The molecule has 0 saturated heterocycles. The molecule has 0 aromatic heterocycles. The van der Waals surface area contributed by atoms with E-state index in [0.717, 1.165) is 23.1 Å². The summed E-state index contributed by atoms with van der Waals surface area (Å²) in [6.45, 7) is 0.170. The molecular formula is C14H17BrO3. The van der Waals surface area contributed by atoms with Gasteiger partial charge in [-0.2, -0.15) is 0 Å². The minimum Gasteiger partial charge on any atom is -0.496 e. The monoisotopic (exact) mass is 312 g/mol. The zero-order valence-electron chi connectivity index (χ0n) is 10.4. The van der Waals surface area contributed by atoms with Crippen molar-refractivity contribution in [3.8, 4) is 5.75 Å². The number of carbonyl (C=O) groups is 1. The summed E-state index contributed by atoms with van der Waals surface area (Å²) in [5, 5.41) is 0. The third kappa shape index (κ3) is 3.33. The topological polar surface area (TPSA) is 35.5 Å². The van der Waals surface area contributed by atoms with Gasteiger partial charge in [0.15, 0.2) is 5.78 Å². The van der Waals surface area contributed by atoms with Gasteiger partial charge in [-0.1, -0.05) is 12.8 Å². The quantitative estimate of drug-likeness (QED) is 0.779. The molecule has 4 heteroatoms. The first-order valence-corrected chi connectivity index (χ1v) is 6.98. The van der Waals surface area contributed by atoms with Crippen LogP contribution >= 0.6 is 15.9 Å². The van der Waals surface area contributed by atoms with Crippen molar-refractivity contribution in [3.05, 3.63) is 28.2 Å². The molecule has 0 aliphatic heterocycles. The van der Waals surface area contributed by atoms with Crippen molar-refractivity contribution < 1.29 is 14.3 Å². The molecule has 1 fully saturated rings. The molecule has 1 aliphatic carbocycles. The largest absolute Gasteiger partial charge is 0.496 e. The smallest absolute Gasteiger partial charge is 0.188 e. The maximum Gasteiger partial charge on any atom is 0.188 e. The SMILES string of the molecule is COc1ccc(C(=O)COC2CCCC2)cc1Br. The highest BCUT2D eigenvalue weighted by Gasteiger charge is 2.17. The average molecular weight is 313 g/mol. The zero-order chi connectivity index (χ0) is 13.0. The van der Waals surface area contributed by atoms with Gasteiger partial charge in [-0.05, 0) is 47.0 Å². The average Bonchev–Trinajstić information content (AvgIpc) is 2.89. The number of hydrogen-bond donors (Lipinski definition) is 0. The first-order chi connectivity index (χ1) is 8.70. The summed E-state index contributed by atoms with van der Waals surface area (Å²) >= 11 is 3.37. The third-order valence-corrected chi connectivity index (χ3v) is 3.85. The zero-order valence-corrected chi connectivity index (χ0v) is 12.0. The molecular weight excluding hydrogens is 296 g/mol. The van der Waals surface area contributed by atoms with E-state index in [9.17, 15) is 4.79 Å². The maximum atomic E-state index is 12.0. The van der Waals surface area contributed by atoms with Gasteiger partial charge in [-0.25, -0.2) is 0 Å². The molecule has 3 nitrogen and oxygen atoms in total. The Hall–Kier alpha value is -0.870. The number of benzene rings is 1.